The normalized spacial score (nSPS) is 14.4. The molecular formula is C16H34O4. The Morgan fingerprint density at radius 1 is 0.600 bits per heavy atom. The summed E-state index contributed by atoms with van der Waals surface area (Å²) in [6.45, 7) is 5.94. The average molecular weight is 290 g/mol. The highest BCUT2D eigenvalue weighted by Crippen LogP contribution is 2.08. The molecule has 0 aliphatic carbocycles. The predicted molar refractivity (Wildman–Crippen MR) is 81.9 cm³/mol. The van der Waals surface area contributed by atoms with Crippen LogP contribution in [0.4, 0.5) is 0 Å². The van der Waals surface area contributed by atoms with Gasteiger partial charge in [-0.25, -0.2) is 0 Å². The molecule has 0 rings (SSSR count). The Morgan fingerprint density at radius 3 is 1.20 bits per heavy atom. The molecular weight excluding hydrogens is 256 g/mol. The lowest BCUT2D eigenvalue weighted by atomic mass is 10.1. The number of hydrogen-bond acceptors (Lipinski definition) is 4. The van der Waals surface area contributed by atoms with Gasteiger partial charge in [0.1, 0.15) is 0 Å². The second-order valence-corrected chi connectivity index (χ2v) is 5.68. The molecule has 0 amide bonds. The first kappa shape index (κ1) is 19.8. The molecule has 0 saturated carbocycles. The Bertz CT molecular complexity index is 163. The zero-order valence-electron chi connectivity index (χ0n) is 13.4. The summed E-state index contributed by atoms with van der Waals surface area (Å²) in [5.41, 5.74) is 0. The van der Waals surface area contributed by atoms with Gasteiger partial charge in [-0.15, -0.1) is 0 Å². The highest BCUT2D eigenvalue weighted by molar-refractivity contribution is 4.48. The van der Waals surface area contributed by atoms with Gasteiger partial charge in [-0.1, -0.05) is 38.5 Å². The topological polar surface area (TPSA) is 58.9 Å². The van der Waals surface area contributed by atoms with Crippen LogP contribution in [0.2, 0.25) is 0 Å². The quantitative estimate of drug-likeness (QED) is 0.455. The summed E-state index contributed by atoms with van der Waals surface area (Å²) < 4.78 is 10.6. The van der Waals surface area contributed by atoms with Crippen LogP contribution in [-0.4, -0.2) is 48.8 Å². The van der Waals surface area contributed by atoms with Crippen LogP contribution in [0, 0.1) is 0 Å². The van der Waals surface area contributed by atoms with Crippen molar-refractivity contribution >= 4 is 0 Å². The summed E-state index contributed by atoms with van der Waals surface area (Å²) in [6, 6.07) is 0. The van der Waals surface area contributed by atoms with E-state index in [9.17, 15) is 0 Å². The molecule has 0 saturated heterocycles. The Labute approximate surface area is 124 Å². The third-order valence-corrected chi connectivity index (χ3v) is 3.05. The highest BCUT2D eigenvalue weighted by Gasteiger charge is 1.97. The average Bonchev–Trinajstić information content (AvgIpc) is 2.38. The van der Waals surface area contributed by atoms with Gasteiger partial charge in [-0.3, -0.25) is 0 Å². The summed E-state index contributed by atoms with van der Waals surface area (Å²) in [7, 11) is 0. The molecule has 0 heterocycles. The lowest BCUT2D eigenvalue weighted by molar-refractivity contribution is 0.0442. The van der Waals surface area contributed by atoms with E-state index in [4.69, 9.17) is 19.7 Å². The van der Waals surface area contributed by atoms with Crippen LogP contribution in [0.15, 0.2) is 0 Å². The molecule has 0 aliphatic rings. The van der Waals surface area contributed by atoms with Crippen LogP contribution in [0.5, 0.6) is 0 Å². The van der Waals surface area contributed by atoms with Gasteiger partial charge < -0.3 is 19.7 Å². The number of aliphatic hydroxyl groups excluding tert-OH is 2. The maximum atomic E-state index is 9.01. The summed E-state index contributed by atoms with van der Waals surface area (Å²) in [6.07, 6.45) is 9.08. The van der Waals surface area contributed by atoms with Crippen molar-refractivity contribution in [3.8, 4) is 0 Å². The van der Waals surface area contributed by atoms with Gasteiger partial charge in [0.2, 0.25) is 0 Å². The molecule has 122 valence electrons. The molecule has 0 aromatic heterocycles. The summed E-state index contributed by atoms with van der Waals surface area (Å²) in [4.78, 5) is 0. The minimum absolute atomic E-state index is 0.348. The van der Waals surface area contributed by atoms with E-state index in [-0.39, 0.29) is 12.2 Å². The molecule has 0 aromatic rings. The van der Waals surface area contributed by atoms with Crippen molar-refractivity contribution in [2.75, 3.05) is 26.4 Å². The van der Waals surface area contributed by atoms with E-state index >= 15 is 0 Å². The summed E-state index contributed by atoms with van der Waals surface area (Å²) in [5.74, 6) is 0. The zero-order chi connectivity index (χ0) is 15.1. The van der Waals surface area contributed by atoms with Gasteiger partial charge in [0.05, 0.1) is 25.4 Å². The number of ether oxygens (including phenoxy) is 2. The minimum Gasteiger partial charge on any atom is -0.391 e. The van der Waals surface area contributed by atoms with E-state index in [0.717, 1.165) is 26.1 Å². The monoisotopic (exact) mass is 290 g/mol. The number of unbranched alkanes of at least 4 members (excludes halogenated alkanes) is 7. The second kappa shape index (κ2) is 15.2. The van der Waals surface area contributed by atoms with Gasteiger partial charge in [-0.05, 0) is 26.7 Å². The lowest BCUT2D eigenvalue weighted by Gasteiger charge is -2.07. The fourth-order valence-corrected chi connectivity index (χ4v) is 1.98. The first-order valence-corrected chi connectivity index (χ1v) is 8.14. The predicted octanol–water partition coefficient (Wildman–Crippen LogP) is 2.90. The molecule has 20 heavy (non-hydrogen) atoms. The number of hydrogen-bond donors (Lipinski definition) is 2. The van der Waals surface area contributed by atoms with E-state index in [1.165, 1.54) is 38.5 Å². The molecule has 0 bridgehead atoms. The molecule has 0 radical (unpaired) electrons. The van der Waals surface area contributed by atoms with Crippen molar-refractivity contribution in [1.82, 2.24) is 0 Å². The van der Waals surface area contributed by atoms with E-state index in [1.807, 2.05) is 0 Å². The van der Waals surface area contributed by atoms with Crippen LogP contribution in [-0.2, 0) is 9.47 Å². The maximum Gasteiger partial charge on any atom is 0.0745 e. The Morgan fingerprint density at radius 2 is 0.900 bits per heavy atom. The Kier molecular flexibility index (Phi) is 15.1. The minimum atomic E-state index is -0.348. The molecule has 2 N–H and O–H groups in total. The van der Waals surface area contributed by atoms with Crippen LogP contribution in [0.3, 0.4) is 0 Å². The van der Waals surface area contributed by atoms with Crippen molar-refractivity contribution in [2.24, 2.45) is 0 Å². The smallest absolute Gasteiger partial charge is 0.0745 e. The Balaban J connectivity index is 2.96. The molecule has 2 atom stereocenters. The summed E-state index contributed by atoms with van der Waals surface area (Å²) in [5, 5.41) is 18.0. The number of rotatable bonds is 15. The third kappa shape index (κ3) is 17.8. The molecule has 0 aliphatic heterocycles. The van der Waals surface area contributed by atoms with E-state index in [0.29, 0.717) is 13.2 Å². The van der Waals surface area contributed by atoms with E-state index in [2.05, 4.69) is 0 Å². The number of aliphatic hydroxyl groups is 2. The van der Waals surface area contributed by atoms with Crippen molar-refractivity contribution in [1.29, 1.82) is 0 Å². The SMILES string of the molecule is C[C@H](O)COCCCCCCCCCCOC[C@H](C)O. The van der Waals surface area contributed by atoms with Crippen LogP contribution in [0.1, 0.15) is 65.2 Å². The maximum absolute atomic E-state index is 9.01. The van der Waals surface area contributed by atoms with Gasteiger partial charge >= 0.3 is 0 Å². The third-order valence-electron chi connectivity index (χ3n) is 3.05. The van der Waals surface area contributed by atoms with Crippen LogP contribution in [0.25, 0.3) is 0 Å². The van der Waals surface area contributed by atoms with Crippen molar-refractivity contribution in [3.63, 3.8) is 0 Å². The fraction of sp³-hybridized carbons (Fsp3) is 1.00. The Hall–Kier alpha value is -0.160. The zero-order valence-corrected chi connectivity index (χ0v) is 13.4. The van der Waals surface area contributed by atoms with Crippen LogP contribution < -0.4 is 0 Å². The second-order valence-electron chi connectivity index (χ2n) is 5.68. The first-order valence-electron chi connectivity index (χ1n) is 8.14. The standard InChI is InChI=1S/C16H34O4/c1-15(17)13-19-11-9-7-5-3-4-6-8-10-12-20-14-16(2)18/h15-18H,3-14H2,1-2H3/t15-,16-/m0/s1. The lowest BCUT2D eigenvalue weighted by Crippen LogP contribution is -2.10. The van der Waals surface area contributed by atoms with Gasteiger partial charge in [0.15, 0.2) is 0 Å². The molecule has 0 fully saturated rings. The van der Waals surface area contributed by atoms with Gasteiger partial charge in [0.25, 0.3) is 0 Å². The largest absolute Gasteiger partial charge is 0.391 e. The van der Waals surface area contributed by atoms with E-state index in [1.54, 1.807) is 13.8 Å². The molecule has 0 aromatic carbocycles. The van der Waals surface area contributed by atoms with Gasteiger partial charge in [-0.2, -0.15) is 0 Å². The van der Waals surface area contributed by atoms with Crippen LogP contribution >= 0.6 is 0 Å². The van der Waals surface area contributed by atoms with Crippen molar-refractivity contribution in [3.05, 3.63) is 0 Å². The van der Waals surface area contributed by atoms with E-state index < -0.39 is 0 Å². The summed E-state index contributed by atoms with van der Waals surface area (Å²) >= 11 is 0. The highest BCUT2D eigenvalue weighted by atomic mass is 16.5. The van der Waals surface area contributed by atoms with Gasteiger partial charge in [0, 0.05) is 13.2 Å². The van der Waals surface area contributed by atoms with Crippen molar-refractivity contribution < 1.29 is 19.7 Å². The molecule has 4 heteroatoms. The first-order chi connectivity index (χ1) is 9.63. The molecule has 0 unspecified atom stereocenters. The fourth-order valence-electron chi connectivity index (χ4n) is 1.98. The molecule has 4 nitrogen and oxygen atoms in total. The molecule has 0 spiro atoms. The van der Waals surface area contributed by atoms with Crippen molar-refractivity contribution in [2.45, 2.75) is 77.4 Å².